The van der Waals surface area contributed by atoms with Crippen LogP contribution in [0.4, 0.5) is 10.8 Å². The Bertz CT molecular complexity index is 1150. The topological polar surface area (TPSA) is 40.9 Å². The van der Waals surface area contributed by atoms with E-state index in [0.29, 0.717) is 0 Å². The fourth-order valence-corrected chi connectivity index (χ4v) is 4.09. The minimum Gasteiger partial charge on any atom is -0.257 e. The number of thiazole rings is 1. The average Bonchev–Trinajstić information content (AvgIpc) is 3.50. The maximum atomic E-state index is 5.01. The summed E-state index contributed by atoms with van der Waals surface area (Å²) in [5.41, 5.74) is 5.66. The molecule has 0 bridgehead atoms. The third-order valence-corrected chi connectivity index (χ3v) is 5.78. The zero-order chi connectivity index (χ0) is 20.2. The van der Waals surface area contributed by atoms with E-state index in [1.807, 2.05) is 17.7 Å². The molecule has 0 radical (unpaired) electrons. The molecule has 0 saturated carbocycles. The van der Waals surface area contributed by atoms with Crippen LogP contribution in [0.25, 0.3) is 0 Å². The van der Waals surface area contributed by atoms with Gasteiger partial charge in [0.1, 0.15) is 0 Å². The van der Waals surface area contributed by atoms with Crippen LogP contribution in [0.3, 0.4) is 0 Å². The lowest BCUT2D eigenvalue weighted by Crippen LogP contribution is -2.18. The van der Waals surface area contributed by atoms with E-state index >= 15 is 0 Å². The fourth-order valence-electron chi connectivity index (χ4n) is 3.61. The molecule has 0 aliphatic carbocycles. The van der Waals surface area contributed by atoms with Gasteiger partial charge in [0, 0.05) is 24.2 Å². The predicted molar refractivity (Wildman–Crippen MR) is 125 cm³/mol. The van der Waals surface area contributed by atoms with Gasteiger partial charge in [-0.2, -0.15) is 5.10 Å². The summed E-state index contributed by atoms with van der Waals surface area (Å²) in [5, 5.41) is 9.84. The molecule has 3 aromatic carbocycles. The Morgan fingerprint density at radius 1 is 0.900 bits per heavy atom. The zero-order valence-corrected chi connectivity index (χ0v) is 17.1. The lowest BCUT2D eigenvalue weighted by atomic mass is 9.98. The van der Waals surface area contributed by atoms with Gasteiger partial charge >= 0.3 is 0 Å². The van der Waals surface area contributed by atoms with Gasteiger partial charge in [-0.1, -0.05) is 72.8 Å². The van der Waals surface area contributed by atoms with E-state index in [1.54, 1.807) is 6.20 Å². The summed E-state index contributed by atoms with van der Waals surface area (Å²) in [5.74, 6) is 0. The number of aromatic nitrogens is 1. The highest BCUT2D eigenvalue weighted by molar-refractivity contribution is 7.13. The van der Waals surface area contributed by atoms with E-state index in [2.05, 4.69) is 93.8 Å². The lowest BCUT2D eigenvalue weighted by Gasteiger charge is -2.24. The second-order valence-corrected chi connectivity index (χ2v) is 7.93. The lowest BCUT2D eigenvalue weighted by molar-refractivity contribution is 0.709. The number of aliphatic imine (C=N–C) groups is 1. The number of nitrogens with zero attached hydrogens (tertiary/aromatic N) is 4. The molecular weight excluding hydrogens is 388 g/mol. The molecule has 0 N–H and O–H groups in total. The van der Waals surface area contributed by atoms with Crippen molar-refractivity contribution in [2.75, 3.05) is 5.01 Å². The van der Waals surface area contributed by atoms with Crippen molar-refractivity contribution in [1.82, 2.24) is 4.98 Å². The monoisotopic (exact) mass is 408 g/mol. The van der Waals surface area contributed by atoms with Gasteiger partial charge < -0.3 is 0 Å². The smallest absolute Gasteiger partial charge is 0.208 e. The Labute approximate surface area is 179 Å². The standard InChI is InChI=1S/C25H20N4S/c1-3-7-20(8-4-1)23-17-24(21-9-5-2-6-10-21)29(28-23)22-13-11-19(12-14-22)18-27-25-26-15-16-30-25/h1-16,18,24H,17H2/b27-18+. The molecule has 146 valence electrons. The van der Waals surface area contributed by atoms with E-state index in [9.17, 15) is 0 Å². The van der Waals surface area contributed by atoms with Crippen molar-refractivity contribution in [3.05, 3.63) is 113 Å². The van der Waals surface area contributed by atoms with Crippen LogP contribution in [0.2, 0.25) is 0 Å². The Morgan fingerprint density at radius 2 is 1.63 bits per heavy atom. The van der Waals surface area contributed by atoms with Crippen LogP contribution in [0.5, 0.6) is 0 Å². The normalized spacial score (nSPS) is 16.2. The van der Waals surface area contributed by atoms with E-state index in [0.717, 1.165) is 28.5 Å². The summed E-state index contributed by atoms with van der Waals surface area (Å²) in [6.45, 7) is 0. The largest absolute Gasteiger partial charge is 0.257 e. The Morgan fingerprint density at radius 3 is 2.33 bits per heavy atom. The first-order valence-corrected chi connectivity index (χ1v) is 10.8. The molecule has 4 nitrogen and oxygen atoms in total. The number of rotatable bonds is 5. The van der Waals surface area contributed by atoms with E-state index in [1.165, 1.54) is 22.5 Å². The highest BCUT2D eigenvalue weighted by Crippen LogP contribution is 2.36. The van der Waals surface area contributed by atoms with Crippen LogP contribution in [0, 0.1) is 0 Å². The third kappa shape index (κ3) is 3.93. The van der Waals surface area contributed by atoms with Gasteiger partial charge in [-0.25, -0.2) is 9.98 Å². The molecule has 0 amide bonds. The molecular formula is C25H20N4S. The highest BCUT2D eigenvalue weighted by Gasteiger charge is 2.29. The SMILES string of the molecule is C(=N\c1nccs1)/c1ccc(N2N=C(c3ccccc3)CC2c2ccccc2)cc1. The van der Waals surface area contributed by atoms with Crippen molar-refractivity contribution in [3.63, 3.8) is 0 Å². The molecule has 1 aromatic heterocycles. The quantitative estimate of drug-likeness (QED) is 0.366. The van der Waals surface area contributed by atoms with Crippen LogP contribution < -0.4 is 5.01 Å². The molecule has 1 atom stereocenters. The first-order chi connectivity index (χ1) is 14.9. The molecule has 2 heterocycles. The van der Waals surface area contributed by atoms with Crippen molar-refractivity contribution in [3.8, 4) is 0 Å². The summed E-state index contributed by atoms with van der Waals surface area (Å²) < 4.78 is 0. The van der Waals surface area contributed by atoms with Gasteiger partial charge in [-0.05, 0) is 28.8 Å². The minimum atomic E-state index is 0.177. The Kier molecular flexibility index (Phi) is 5.19. The predicted octanol–water partition coefficient (Wildman–Crippen LogP) is 6.25. The summed E-state index contributed by atoms with van der Waals surface area (Å²) in [7, 11) is 0. The second kappa shape index (κ2) is 8.43. The van der Waals surface area contributed by atoms with Crippen LogP contribution in [-0.4, -0.2) is 16.9 Å². The molecule has 0 saturated heterocycles. The molecule has 1 unspecified atom stereocenters. The molecule has 1 aliphatic heterocycles. The number of anilines is 1. The zero-order valence-electron chi connectivity index (χ0n) is 16.3. The van der Waals surface area contributed by atoms with Crippen molar-refractivity contribution in [2.45, 2.75) is 12.5 Å². The number of hydrazone groups is 1. The number of hydrogen-bond acceptors (Lipinski definition) is 5. The van der Waals surface area contributed by atoms with Crippen molar-refractivity contribution in [1.29, 1.82) is 0 Å². The Hall–Kier alpha value is -3.57. The van der Waals surface area contributed by atoms with Gasteiger partial charge in [0.05, 0.1) is 17.4 Å². The van der Waals surface area contributed by atoms with Crippen LogP contribution in [-0.2, 0) is 0 Å². The molecule has 5 rings (SSSR count). The maximum Gasteiger partial charge on any atom is 0.208 e. The number of benzene rings is 3. The highest BCUT2D eigenvalue weighted by atomic mass is 32.1. The van der Waals surface area contributed by atoms with E-state index in [4.69, 9.17) is 5.10 Å². The fraction of sp³-hybridized carbons (Fsp3) is 0.0800. The third-order valence-electron chi connectivity index (χ3n) is 5.10. The summed E-state index contributed by atoms with van der Waals surface area (Å²) in [6, 6.07) is 29.5. The van der Waals surface area contributed by atoms with E-state index < -0.39 is 0 Å². The second-order valence-electron chi connectivity index (χ2n) is 7.05. The summed E-state index contributed by atoms with van der Waals surface area (Å²) >= 11 is 1.53. The summed E-state index contributed by atoms with van der Waals surface area (Å²) in [6.07, 6.45) is 4.49. The molecule has 1 aliphatic rings. The van der Waals surface area contributed by atoms with Crippen LogP contribution >= 0.6 is 11.3 Å². The summed E-state index contributed by atoms with van der Waals surface area (Å²) in [4.78, 5) is 8.61. The van der Waals surface area contributed by atoms with Crippen molar-refractivity contribution in [2.24, 2.45) is 10.1 Å². The van der Waals surface area contributed by atoms with Crippen molar-refractivity contribution >= 4 is 34.1 Å². The van der Waals surface area contributed by atoms with Crippen molar-refractivity contribution < 1.29 is 0 Å². The molecule has 0 spiro atoms. The molecule has 30 heavy (non-hydrogen) atoms. The maximum absolute atomic E-state index is 5.01. The molecule has 0 fully saturated rings. The van der Waals surface area contributed by atoms with Crippen LogP contribution in [0.15, 0.2) is 107 Å². The van der Waals surface area contributed by atoms with Gasteiger partial charge in [0.2, 0.25) is 5.13 Å². The van der Waals surface area contributed by atoms with Gasteiger partial charge in [0.15, 0.2) is 0 Å². The first-order valence-electron chi connectivity index (χ1n) is 9.87. The average molecular weight is 409 g/mol. The first kappa shape index (κ1) is 18.5. The molecule has 4 aromatic rings. The van der Waals surface area contributed by atoms with Gasteiger partial charge in [-0.15, -0.1) is 11.3 Å². The Balaban J connectivity index is 1.45. The van der Waals surface area contributed by atoms with Crippen LogP contribution in [0.1, 0.15) is 29.2 Å². The van der Waals surface area contributed by atoms with E-state index in [-0.39, 0.29) is 6.04 Å². The molecule has 5 heteroatoms. The minimum absolute atomic E-state index is 0.177. The van der Waals surface area contributed by atoms with Gasteiger partial charge in [-0.3, -0.25) is 5.01 Å². The number of hydrogen-bond donors (Lipinski definition) is 0. The van der Waals surface area contributed by atoms with Gasteiger partial charge in [0.25, 0.3) is 0 Å².